The highest BCUT2D eigenvalue weighted by Gasteiger charge is 2.15. The van der Waals surface area contributed by atoms with E-state index < -0.39 is 5.91 Å². The molecular formula is C18H19N7O. The van der Waals surface area contributed by atoms with Crippen LogP contribution in [0.1, 0.15) is 40.2 Å². The first-order chi connectivity index (χ1) is 12.4. The van der Waals surface area contributed by atoms with Crippen molar-refractivity contribution in [3.63, 3.8) is 0 Å². The third-order valence-corrected chi connectivity index (χ3v) is 3.64. The summed E-state index contributed by atoms with van der Waals surface area (Å²) in [6.07, 6.45) is 1.67. The van der Waals surface area contributed by atoms with Gasteiger partial charge in [-0.2, -0.15) is 10.2 Å². The SMILES string of the molecule is C/C(=N\NC(=O)c1cc(C)n(-c2nc(C)cc(C)n2)n1)c1ccccn1. The van der Waals surface area contributed by atoms with E-state index in [2.05, 4.69) is 30.6 Å². The van der Waals surface area contributed by atoms with E-state index in [0.29, 0.717) is 17.4 Å². The lowest BCUT2D eigenvalue weighted by Crippen LogP contribution is -2.20. The highest BCUT2D eigenvalue weighted by atomic mass is 16.2. The van der Waals surface area contributed by atoms with Crippen molar-refractivity contribution >= 4 is 11.6 Å². The number of hydrazone groups is 1. The van der Waals surface area contributed by atoms with E-state index in [1.807, 2.05) is 45.0 Å². The Labute approximate surface area is 151 Å². The topological polar surface area (TPSA) is 98.0 Å². The van der Waals surface area contributed by atoms with Crippen LogP contribution in [0, 0.1) is 20.8 Å². The van der Waals surface area contributed by atoms with Crippen LogP contribution in [0.2, 0.25) is 0 Å². The van der Waals surface area contributed by atoms with Crippen molar-refractivity contribution in [3.8, 4) is 5.95 Å². The smallest absolute Gasteiger partial charge is 0.265 e. The number of aryl methyl sites for hydroxylation is 3. The molecule has 0 fully saturated rings. The average Bonchev–Trinajstić information content (AvgIpc) is 3.01. The molecule has 0 bridgehead atoms. The predicted octanol–water partition coefficient (Wildman–Crippen LogP) is 2.14. The molecule has 3 aromatic heterocycles. The van der Waals surface area contributed by atoms with Crippen LogP contribution in [0.15, 0.2) is 41.6 Å². The highest BCUT2D eigenvalue weighted by Crippen LogP contribution is 2.10. The molecule has 0 saturated heterocycles. The van der Waals surface area contributed by atoms with Crippen molar-refractivity contribution in [1.29, 1.82) is 0 Å². The Bertz CT molecular complexity index is 956. The van der Waals surface area contributed by atoms with Crippen molar-refractivity contribution in [1.82, 2.24) is 30.2 Å². The van der Waals surface area contributed by atoms with Crippen molar-refractivity contribution in [3.05, 3.63) is 65.0 Å². The summed E-state index contributed by atoms with van der Waals surface area (Å²) in [5.41, 5.74) is 6.47. The Morgan fingerprint density at radius 2 is 1.81 bits per heavy atom. The predicted molar refractivity (Wildman–Crippen MR) is 97.3 cm³/mol. The van der Waals surface area contributed by atoms with Gasteiger partial charge >= 0.3 is 0 Å². The molecule has 132 valence electrons. The van der Waals surface area contributed by atoms with Crippen LogP contribution in [0.3, 0.4) is 0 Å². The Morgan fingerprint density at radius 3 is 2.46 bits per heavy atom. The Balaban J connectivity index is 1.81. The molecule has 0 unspecified atom stereocenters. The summed E-state index contributed by atoms with van der Waals surface area (Å²) < 4.78 is 1.55. The van der Waals surface area contributed by atoms with Crippen LogP contribution >= 0.6 is 0 Å². The summed E-state index contributed by atoms with van der Waals surface area (Å²) in [5, 5.41) is 8.39. The molecule has 0 spiro atoms. The van der Waals surface area contributed by atoms with Crippen LogP contribution in [0.4, 0.5) is 0 Å². The normalized spacial score (nSPS) is 11.5. The first-order valence-corrected chi connectivity index (χ1v) is 8.09. The standard InChI is InChI=1S/C18H19N7O/c1-11-9-12(2)21-18(20-11)25-13(3)10-16(24-25)17(26)23-22-14(4)15-7-5-6-8-19-15/h5-10H,1-4H3,(H,23,26)/b22-14+. The number of hydrogen-bond donors (Lipinski definition) is 1. The zero-order valence-corrected chi connectivity index (χ0v) is 15.1. The lowest BCUT2D eigenvalue weighted by molar-refractivity contribution is 0.0949. The monoisotopic (exact) mass is 349 g/mol. The molecule has 0 saturated carbocycles. The molecule has 0 atom stereocenters. The highest BCUT2D eigenvalue weighted by molar-refractivity contribution is 5.99. The molecule has 8 heteroatoms. The summed E-state index contributed by atoms with van der Waals surface area (Å²) in [5.74, 6) is 0.0266. The fourth-order valence-corrected chi connectivity index (χ4v) is 2.42. The number of nitrogens with zero attached hydrogens (tertiary/aromatic N) is 6. The van der Waals surface area contributed by atoms with Gasteiger partial charge in [-0.25, -0.2) is 20.1 Å². The summed E-state index contributed by atoms with van der Waals surface area (Å²) in [6, 6.07) is 9.05. The first kappa shape index (κ1) is 17.4. The van der Waals surface area contributed by atoms with E-state index in [-0.39, 0.29) is 5.69 Å². The van der Waals surface area contributed by atoms with Crippen LogP contribution in [0.5, 0.6) is 0 Å². The number of amides is 1. The maximum absolute atomic E-state index is 12.4. The van der Waals surface area contributed by atoms with E-state index in [0.717, 1.165) is 17.1 Å². The Hall–Kier alpha value is -3.42. The van der Waals surface area contributed by atoms with Crippen LogP contribution < -0.4 is 5.43 Å². The minimum atomic E-state index is -0.411. The molecule has 0 radical (unpaired) electrons. The molecule has 0 aliphatic heterocycles. The fraction of sp³-hybridized carbons (Fsp3) is 0.222. The minimum absolute atomic E-state index is 0.239. The van der Waals surface area contributed by atoms with Gasteiger partial charge in [-0.15, -0.1) is 0 Å². The number of rotatable bonds is 4. The molecular weight excluding hydrogens is 330 g/mol. The van der Waals surface area contributed by atoms with Gasteiger partial charge in [0.25, 0.3) is 11.9 Å². The van der Waals surface area contributed by atoms with Crippen LogP contribution in [-0.4, -0.2) is 36.4 Å². The lowest BCUT2D eigenvalue weighted by atomic mass is 10.3. The van der Waals surface area contributed by atoms with Crippen molar-refractivity contribution in [2.75, 3.05) is 0 Å². The number of pyridine rings is 1. The average molecular weight is 349 g/mol. The minimum Gasteiger partial charge on any atom is -0.265 e. The molecule has 3 rings (SSSR count). The second-order valence-electron chi connectivity index (χ2n) is 5.89. The summed E-state index contributed by atoms with van der Waals surface area (Å²) >= 11 is 0. The van der Waals surface area contributed by atoms with Crippen molar-refractivity contribution in [2.24, 2.45) is 5.10 Å². The van der Waals surface area contributed by atoms with E-state index in [1.54, 1.807) is 23.9 Å². The maximum Gasteiger partial charge on any atom is 0.291 e. The fourth-order valence-electron chi connectivity index (χ4n) is 2.42. The largest absolute Gasteiger partial charge is 0.291 e. The molecule has 0 aliphatic rings. The molecule has 3 heterocycles. The van der Waals surface area contributed by atoms with Gasteiger partial charge in [0.15, 0.2) is 5.69 Å². The van der Waals surface area contributed by atoms with Gasteiger partial charge < -0.3 is 0 Å². The number of hydrogen-bond acceptors (Lipinski definition) is 6. The molecule has 1 N–H and O–H groups in total. The number of carbonyl (C=O) groups is 1. The number of carbonyl (C=O) groups excluding carboxylic acids is 1. The van der Waals surface area contributed by atoms with Gasteiger partial charge in [-0.05, 0) is 52.0 Å². The summed E-state index contributed by atoms with van der Waals surface area (Å²) in [7, 11) is 0. The van der Waals surface area contributed by atoms with Gasteiger partial charge in [-0.3, -0.25) is 9.78 Å². The molecule has 8 nitrogen and oxygen atoms in total. The Morgan fingerprint density at radius 1 is 1.08 bits per heavy atom. The van der Waals surface area contributed by atoms with E-state index in [9.17, 15) is 4.79 Å². The molecule has 0 aromatic carbocycles. The van der Waals surface area contributed by atoms with Gasteiger partial charge in [0.1, 0.15) is 0 Å². The zero-order valence-electron chi connectivity index (χ0n) is 15.1. The zero-order chi connectivity index (χ0) is 18.7. The Kier molecular flexibility index (Phi) is 4.83. The van der Waals surface area contributed by atoms with Gasteiger partial charge in [0.2, 0.25) is 0 Å². The molecule has 0 aliphatic carbocycles. The van der Waals surface area contributed by atoms with E-state index >= 15 is 0 Å². The van der Waals surface area contributed by atoms with Gasteiger partial charge in [0.05, 0.1) is 11.4 Å². The number of nitrogens with one attached hydrogen (secondary N) is 1. The maximum atomic E-state index is 12.4. The molecule has 3 aromatic rings. The third kappa shape index (κ3) is 3.80. The summed E-state index contributed by atoms with van der Waals surface area (Å²) in [6.45, 7) is 7.39. The van der Waals surface area contributed by atoms with Gasteiger partial charge in [0, 0.05) is 23.3 Å². The quantitative estimate of drug-likeness (QED) is 0.575. The second kappa shape index (κ2) is 7.22. The third-order valence-electron chi connectivity index (χ3n) is 3.64. The van der Waals surface area contributed by atoms with Crippen LogP contribution in [0.25, 0.3) is 5.95 Å². The molecule has 26 heavy (non-hydrogen) atoms. The lowest BCUT2D eigenvalue weighted by Gasteiger charge is -2.04. The summed E-state index contributed by atoms with van der Waals surface area (Å²) in [4.78, 5) is 25.3. The van der Waals surface area contributed by atoms with Crippen LogP contribution in [-0.2, 0) is 0 Å². The van der Waals surface area contributed by atoms with E-state index in [1.165, 1.54) is 0 Å². The molecule has 1 amide bonds. The second-order valence-corrected chi connectivity index (χ2v) is 5.89. The van der Waals surface area contributed by atoms with Crippen molar-refractivity contribution < 1.29 is 4.79 Å². The van der Waals surface area contributed by atoms with Gasteiger partial charge in [-0.1, -0.05) is 6.07 Å². The number of aromatic nitrogens is 5. The van der Waals surface area contributed by atoms with Crippen molar-refractivity contribution in [2.45, 2.75) is 27.7 Å². The van der Waals surface area contributed by atoms with E-state index in [4.69, 9.17) is 0 Å². The first-order valence-electron chi connectivity index (χ1n) is 8.09.